The van der Waals surface area contributed by atoms with Crippen LogP contribution in [0, 0.1) is 5.88 Å². The van der Waals surface area contributed by atoms with Crippen molar-refractivity contribution in [3.63, 3.8) is 0 Å². The molecular weight excluding hydrogens is 102 g/mol. The third-order valence-electron chi connectivity index (χ3n) is 0.298. The number of nitrogens with one attached hydrogen (secondary N) is 1. The van der Waals surface area contributed by atoms with E-state index >= 15 is 0 Å². The third-order valence-corrected chi connectivity index (χ3v) is 0.794. The predicted octanol–water partition coefficient (Wildman–Crippen LogP) is -0.383. The minimum Gasteiger partial charge on any atom is -0.587 e. The topological polar surface area (TPSA) is 59.8 Å². The molecule has 1 aliphatic rings. The molecule has 1 rings (SSSR count). The van der Waals surface area contributed by atoms with Crippen molar-refractivity contribution in [2.75, 3.05) is 0 Å². The van der Waals surface area contributed by atoms with Gasteiger partial charge in [0.15, 0.2) is 11.4 Å². The molecule has 0 spiro atoms. The first-order chi connectivity index (χ1) is 2.89. The summed E-state index contributed by atoms with van der Waals surface area (Å²) in [5.41, 5.74) is 2.18. The minimum absolute atomic E-state index is 1.33. The Kier molecular flexibility index (Phi) is 0.932. The highest BCUT2D eigenvalue weighted by atomic mass is 32.2. The van der Waals surface area contributed by atoms with Crippen molar-refractivity contribution in [2.45, 2.75) is 0 Å². The maximum absolute atomic E-state index is 9.92. The van der Waals surface area contributed by atoms with E-state index in [1.54, 1.807) is 0 Å². The summed E-state index contributed by atoms with van der Waals surface area (Å²) >= 11 is -1.33. The molecule has 1 aliphatic heterocycles. The zero-order valence-electron chi connectivity index (χ0n) is 2.71. The fourth-order valence-electron chi connectivity index (χ4n) is 0.137. The van der Waals surface area contributed by atoms with Crippen LogP contribution in [-0.4, -0.2) is 4.55 Å². The fourth-order valence-corrected chi connectivity index (χ4v) is 0.412. The summed E-state index contributed by atoms with van der Waals surface area (Å²) in [6, 6.07) is 0. The van der Waals surface area contributed by atoms with Gasteiger partial charge in [-0.15, -0.1) is 0 Å². The van der Waals surface area contributed by atoms with Gasteiger partial charge in [0.2, 0.25) is 0 Å². The molecule has 0 aromatic carbocycles. The van der Waals surface area contributed by atoms with Crippen LogP contribution in [0.2, 0.25) is 0 Å². The van der Waals surface area contributed by atoms with E-state index in [1.165, 1.54) is 0 Å². The second kappa shape index (κ2) is 1.44. The average molecular weight is 103 g/mol. The molecule has 0 amide bonds. The molecule has 2 radical (unpaired) electrons. The molecule has 0 bridgehead atoms. The van der Waals surface area contributed by atoms with Crippen molar-refractivity contribution >= 4 is 11.4 Å². The van der Waals surface area contributed by atoms with E-state index in [1.807, 2.05) is 0 Å². The monoisotopic (exact) mass is 103 g/mol. The maximum atomic E-state index is 9.92. The van der Waals surface area contributed by atoms with Crippen molar-refractivity contribution < 1.29 is 4.55 Å². The number of nitrogens with zero attached hydrogens (tertiary/aromatic N) is 2. The molecule has 0 aliphatic carbocycles. The third kappa shape index (κ3) is 0.605. The van der Waals surface area contributed by atoms with Crippen LogP contribution in [0.4, 0.5) is 0 Å². The Hall–Kier alpha value is -0.290. The Morgan fingerprint density at radius 3 is 2.83 bits per heavy atom. The van der Waals surface area contributed by atoms with E-state index in [0.717, 1.165) is 0 Å². The summed E-state index contributed by atoms with van der Waals surface area (Å²) in [5, 5.41) is 3.13. The summed E-state index contributed by atoms with van der Waals surface area (Å²) in [7, 11) is 0. The van der Waals surface area contributed by atoms with Gasteiger partial charge in [0.25, 0.3) is 0 Å². The first-order valence-corrected chi connectivity index (χ1v) is 2.33. The molecule has 5 heteroatoms. The molecule has 6 heavy (non-hydrogen) atoms. The SMILES string of the molecule is [O-][S+]1[C]NN=N1. The van der Waals surface area contributed by atoms with E-state index in [2.05, 4.69) is 21.0 Å². The molecule has 0 aromatic rings. The Morgan fingerprint density at radius 2 is 2.67 bits per heavy atom. The van der Waals surface area contributed by atoms with Gasteiger partial charge in [-0.25, -0.2) is 5.43 Å². The summed E-state index contributed by atoms with van der Waals surface area (Å²) in [6.07, 6.45) is 0. The van der Waals surface area contributed by atoms with Crippen molar-refractivity contribution in [3.05, 3.63) is 5.88 Å². The van der Waals surface area contributed by atoms with Gasteiger partial charge in [-0.2, -0.15) is 0 Å². The largest absolute Gasteiger partial charge is 0.587 e. The van der Waals surface area contributed by atoms with Gasteiger partial charge in [-0.05, 0) is 5.22 Å². The lowest BCUT2D eigenvalue weighted by Crippen LogP contribution is -1.98. The highest BCUT2D eigenvalue weighted by molar-refractivity contribution is 7.92. The number of hydrogen-bond donors (Lipinski definition) is 1. The van der Waals surface area contributed by atoms with Crippen LogP contribution in [0.5, 0.6) is 0 Å². The normalized spacial score (nSPS) is 30.5. The van der Waals surface area contributed by atoms with Crippen molar-refractivity contribution in [1.82, 2.24) is 5.43 Å². The second-order valence-corrected chi connectivity index (χ2v) is 1.51. The molecule has 32 valence electrons. The first-order valence-electron chi connectivity index (χ1n) is 1.23. The van der Waals surface area contributed by atoms with E-state index in [0.29, 0.717) is 0 Å². The standard InChI is InChI=1S/CHN3OS/c5-6-1-2-3-4-6/h(H,2,4). The van der Waals surface area contributed by atoms with Crippen molar-refractivity contribution in [3.8, 4) is 0 Å². The zero-order valence-corrected chi connectivity index (χ0v) is 3.53. The van der Waals surface area contributed by atoms with Gasteiger partial charge in [0, 0.05) is 0 Å². The van der Waals surface area contributed by atoms with Crippen LogP contribution in [0.15, 0.2) is 9.74 Å². The van der Waals surface area contributed by atoms with Gasteiger partial charge in [-0.1, -0.05) is 0 Å². The van der Waals surface area contributed by atoms with Gasteiger partial charge >= 0.3 is 5.88 Å². The van der Waals surface area contributed by atoms with E-state index < -0.39 is 11.4 Å². The smallest absolute Gasteiger partial charge is 0.404 e. The van der Waals surface area contributed by atoms with Crippen LogP contribution >= 0.6 is 0 Å². The summed E-state index contributed by atoms with van der Waals surface area (Å²) in [6.45, 7) is 0. The Bertz CT molecular complexity index is 73.2. The van der Waals surface area contributed by atoms with E-state index in [4.69, 9.17) is 0 Å². The second-order valence-electron chi connectivity index (χ2n) is 0.645. The Morgan fingerprint density at radius 1 is 1.83 bits per heavy atom. The van der Waals surface area contributed by atoms with Crippen LogP contribution < -0.4 is 5.43 Å². The average Bonchev–Trinajstić information content (AvgIpc) is 1.86. The lowest BCUT2D eigenvalue weighted by atomic mass is 11.5. The zero-order chi connectivity index (χ0) is 4.41. The van der Waals surface area contributed by atoms with E-state index in [9.17, 15) is 4.55 Å². The molecule has 0 saturated heterocycles. The highest BCUT2D eigenvalue weighted by Gasteiger charge is 2.13. The minimum atomic E-state index is -1.33. The Labute approximate surface area is 37.9 Å². The van der Waals surface area contributed by atoms with Crippen LogP contribution in [-0.2, 0) is 11.4 Å². The van der Waals surface area contributed by atoms with Gasteiger partial charge in [0.1, 0.15) is 0 Å². The van der Waals surface area contributed by atoms with Gasteiger partial charge in [0.05, 0.1) is 4.52 Å². The molecule has 0 aromatic heterocycles. The van der Waals surface area contributed by atoms with Crippen molar-refractivity contribution in [1.29, 1.82) is 0 Å². The quantitative estimate of drug-likeness (QED) is 0.425. The first kappa shape index (κ1) is 3.89. The number of rotatable bonds is 0. The molecule has 4 nitrogen and oxygen atoms in total. The van der Waals surface area contributed by atoms with E-state index in [-0.39, 0.29) is 0 Å². The van der Waals surface area contributed by atoms with Gasteiger partial charge in [-0.3, -0.25) is 0 Å². The molecular formula is CHN3OS. The molecule has 1 heterocycles. The lowest BCUT2D eigenvalue weighted by Gasteiger charge is -1.81. The number of hydrogen-bond acceptors (Lipinski definition) is 4. The highest BCUT2D eigenvalue weighted by Crippen LogP contribution is 2.00. The summed E-state index contributed by atoms with van der Waals surface area (Å²) in [4.78, 5) is 0. The molecule has 1 unspecified atom stereocenters. The maximum Gasteiger partial charge on any atom is 0.404 e. The van der Waals surface area contributed by atoms with Crippen LogP contribution in [0.25, 0.3) is 0 Å². The predicted molar refractivity (Wildman–Crippen MR) is 19.4 cm³/mol. The van der Waals surface area contributed by atoms with Crippen LogP contribution in [0.3, 0.4) is 0 Å². The fraction of sp³-hybridized carbons (Fsp3) is 0. The summed E-state index contributed by atoms with van der Waals surface area (Å²) in [5.74, 6) is 2.21. The molecule has 0 saturated carbocycles. The van der Waals surface area contributed by atoms with Crippen molar-refractivity contribution in [2.24, 2.45) is 9.74 Å². The molecule has 0 fully saturated rings. The molecule has 1 atom stereocenters. The van der Waals surface area contributed by atoms with Crippen LogP contribution in [0.1, 0.15) is 0 Å². The molecule has 1 N–H and O–H groups in total. The Balaban J connectivity index is 2.38. The summed E-state index contributed by atoms with van der Waals surface area (Å²) < 4.78 is 13.0. The lowest BCUT2D eigenvalue weighted by molar-refractivity contribution is 0.603. The van der Waals surface area contributed by atoms with Gasteiger partial charge < -0.3 is 4.55 Å².